The second-order valence-electron chi connectivity index (χ2n) is 4.20. The highest BCUT2D eigenvalue weighted by molar-refractivity contribution is 5.99. The van der Waals surface area contributed by atoms with Crippen LogP contribution in [-0.4, -0.2) is 30.8 Å². The van der Waals surface area contributed by atoms with Crippen LogP contribution >= 0.6 is 0 Å². The van der Waals surface area contributed by atoms with Gasteiger partial charge in [-0.25, -0.2) is 0 Å². The van der Waals surface area contributed by atoms with E-state index in [0.29, 0.717) is 30.0 Å². The van der Waals surface area contributed by atoms with Crippen LogP contribution in [0.4, 0.5) is 5.69 Å². The molecular formula is C13H20N2O3. The summed E-state index contributed by atoms with van der Waals surface area (Å²) in [6.45, 7) is 2.25. The average Bonchev–Trinajstić information content (AvgIpc) is 2.33. The normalized spacial score (nSPS) is 11.9. The van der Waals surface area contributed by atoms with Crippen molar-refractivity contribution in [1.82, 2.24) is 5.32 Å². The van der Waals surface area contributed by atoms with Gasteiger partial charge in [0.05, 0.1) is 18.8 Å². The molecule has 1 amide bonds. The number of methoxy groups -OCH3 is 1. The summed E-state index contributed by atoms with van der Waals surface area (Å²) in [5, 5.41) is 11.9. The molecule has 1 aromatic carbocycles. The van der Waals surface area contributed by atoms with Crippen LogP contribution in [0.2, 0.25) is 0 Å². The SMILES string of the molecule is COc1ccc(C(=O)NCCCC(C)O)c(N)c1. The van der Waals surface area contributed by atoms with Gasteiger partial charge < -0.3 is 20.9 Å². The molecule has 0 aliphatic heterocycles. The average molecular weight is 252 g/mol. The number of aliphatic hydroxyl groups is 1. The van der Waals surface area contributed by atoms with Crippen LogP contribution in [0.1, 0.15) is 30.1 Å². The molecule has 1 atom stereocenters. The third-order valence-corrected chi connectivity index (χ3v) is 2.59. The number of hydrogen-bond donors (Lipinski definition) is 3. The largest absolute Gasteiger partial charge is 0.497 e. The Labute approximate surface area is 107 Å². The summed E-state index contributed by atoms with van der Waals surface area (Å²) in [6.07, 6.45) is 1.06. The molecule has 1 rings (SSSR count). The highest BCUT2D eigenvalue weighted by atomic mass is 16.5. The van der Waals surface area contributed by atoms with Gasteiger partial charge in [-0.15, -0.1) is 0 Å². The second kappa shape index (κ2) is 6.86. The fourth-order valence-electron chi connectivity index (χ4n) is 1.57. The number of ether oxygens (including phenoxy) is 1. The molecule has 0 fully saturated rings. The molecule has 0 aliphatic carbocycles. The molecule has 0 spiro atoms. The van der Waals surface area contributed by atoms with Gasteiger partial charge in [-0.05, 0) is 31.9 Å². The van der Waals surface area contributed by atoms with Crippen molar-refractivity contribution in [3.05, 3.63) is 23.8 Å². The van der Waals surface area contributed by atoms with Gasteiger partial charge in [0.2, 0.25) is 0 Å². The summed E-state index contributed by atoms with van der Waals surface area (Å²) in [4.78, 5) is 11.8. The smallest absolute Gasteiger partial charge is 0.253 e. The lowest BCUT2D eigenvalue weighted by Gasteiger charge is -2.09. The lowest BCUT2D eigenvalue weighted by atomic mass is 10.1. The number of nitrogen functional groups attached to an aromatic ring is 1. The maximum atomic E-state index is 11.8. The lowest BCUT2D eigenvalue weighted by Crippen LogP contribution is -2.25. The highest BCUT2D eigenvalue weighted by Gasteiger charge is 2.09. The van der Waals surface area contributed by atoms with Crippen molar-refractivity contribution < 1.29 is 14.6 Å². The molecule has 0 heterocycles. The fourth-order valence-corrected chi connectivity index (χ4v) is 1.57. The monoisotopic (exact) mass is 252 g/mol. The van der Waals surface area contributed by atoms with E-state index in [4.69, 9.17) is 15.6 Å². The Morgan fingerprint density at radius 2 is 2.28 bits per heavy atom. The number of nitrogens with two attached hydrogens (primary N) is 1. The molecular weight excluding hydrogens is 232 g/mol. The lowest BCUT2D eigenvalue weighted by molar-refractivity contribution is 0.0950. The number of carbonyl (C=O) groups is 1. The Hall–Kier alpha value is -1.75. The third kappa shape index (κ3) is 4.25. The minimum atomic E-state index is -0.340. The first-order chi connectivity index (χ1) is 8.54. The number of nitrogens with one attached hydrogen (secondary N) is 1. The number of rotatable bonds is 6. The number of hydrogen-bond acceptors (Lipinski definition) is 4. The van der Waals surface area contributed by atoms with Crippen molar-refractivity contribution in [2.45, 2.75) is 25.9 Å². The Bertz CT molecular complexity index is 405. The first kappa shape index (κ1) is 14.3. The van der Waals surface area contributed by atoms with Crippen molar-refractivity contribution in [2.75, 3.05) is 19.4 Å². The van der Waals surface area contributed by atoms with Gasteiger partial charge >= 0.3 is 0 Å². The van der Waals surface area contributed by atoms with Gasteiger partial charge in [-0.3, -0.25) is 4.79 Å². The van der Waals surface area contributed by atoms with E-state index in [9.17, 15) is 4.79 Å². The molecule has 100 valence electrons. The molecule has 0 saturated heterocycles. The first-order valence-corrected chi connectivity index (χ1v) is 5.94. The molecule has 0 saturated carbocycles. The van der Waals surface area contributed by atoms with Crippen LogP contribution in [0.3, 0.4) is 0 Å². The maximum Gasteiger partial charge on any atom is 0.253 e. The Morgan fingerprint density at radius 3 is 2.83 bits per heavy atom. The highest BCUT2D eigenvalue weighted by Crippen LogP contribution is 2.19. The molecule has 0 aliphatic rings. The molecule has 5 nitrogen and oxygen atoms in total. The van der Waals surface area contributed by atoms with Crippen LogP contribution < -0.4 is 15.8 Å². The van der Waals surface area contributed by atoms with E-state index in [0.717, 1.165) is 6.42 Å². The predicted molar refractivity (Wildman–Crippen MR) is 70.7 cm³/mol. The van der Waals surface area contributed by atoms with Crippen LogP contribution in [0.15, 0.2) is 18.2 Å². The Balaban J connectivity index is 2.51. The van der Waals surface area contributed by atoms with E-state index < -0.39 is 0 Å². The fraction of sp³-hybridized carbons (Fsp3) is 0.462. The minimum absolute atomic E-state index is 0.208. The van der Waals surface area contributed by atoms with Crippen LogP contribution in [0.25, 0.3) is 0 Å². The van der Waals surface area contributed by atoms with Crippen molar-refractivity contribution in [2.24, 2.45) is 0 Å². The van der Waals surface area contributed by atoms with E-state index in [2.05, 4.69) is 5.32 Å². The van der Waals surface area contributed by atoms with Crippen LogP contribution in [0.5, 0.6) is 5.75 Å². The van der Waals surface area contributed by atoms with Crippen molar-refractivity contribution in [3.8, 4) is 5.75 Å². The number of amides is 1. The number of anilines is 1. The molecule has 0 bridgehead atoms. The minimum Gasteiger partial charge on any atom is -0.497 e. The van der Waals surface area contributed by atoms with Gasteiger partial charge in [-0.1, -0.05) is 0 Å². The van der Waals surface area contributed by atoms with E-state index in [1.807, 2.05) is 0 Å². The summed E-state index contributed by atoms with van der Waals surface area (Å²) in [5.41, 5.74) is 6.60. The zero-order chi connectivity index (χ0) is 13.5. The van der Waals surface area contributed by atoms with E-state index in [1.165, 1.54) is 0 Å². The first-order valence-electron chi connectivity index (χ1n) is 5.94. The summed E-state index contributed by atoms with van der Waals surface area (Å²) in [6, 6.07) is 4.95. The standard InChI is InChI=1S/C13H20N2O3/c1-9(16)4-3-7-15-13(17)11-6-5-10(18-2)8-12(11)14/h5-6,8-9,16H,3-4,7,14H2,1-2H3,(H,15,17). The van der Waals surface area contributed by atoms with Gasteiger partial charge in [0.15, 0.2) is 0 Å². The van der Waals surface area contributed by atoms with Gasteiger partial charge in [-0.2, -0.15) is 0 Å². The summed E-state index contributed by atoms with van der Waals surface area (Å²) in [7, 11) is 1.55. The molecule has 4 N–H and O–H groups in total. The zero-order valence-electron chi connectivity index (χ0n) is 10.8. The van der Waals surface area contributed by atoms with Crippen molar-refractivity contribution >= 4 is 11.6 Å². The molecule has 5 heteroatoms. The number of aliphatic hydroxyl groups excluding tert-OH is 1. The summed E-state index contributed by atoms with van der Waals surface area (Å²) >= 11 is 0. The molecule has 0 aromatic heterocycles. The molecule has 0 radical (unpaired) electrons. The maximum absolute atomic E-state index is 11.8. The van der Waals surface area contributed by atoms with Crippen molar-refractivity contribution in [1.29, 1.82) is 0 Å². The molecule has 1 unspecified atom stereocenters. The zero-order valence-corrected chi connectivity index (χ0v) is 10.8. The van der Waals surface area contributed by atoms with Crippen LogP contribution in [0, 0.1) is 0 Å². The topological polar surface area (TPSA) is 84.6 Å². The van der Waals surface area contributed by atoms with E-state index in [1.54, 1.807) is 32.2 Å². The van der Waals surface area contributed by atoms with Crippen LogP contribution in [-0.2, 0) is 0 Å². The summed E-state index contributed by atoms with van der Waals surface area (Å²) in [5.74, 6) is 0.416. The Kier molecular flexibility index (Phi) is 5.45. The van der Waals surface area contributed by atoms with Gasteiger partial charge in [0, 0.05) is 18.3 Å². The number of carbonyl (C=O) groups excluding carboxylic acids is 1. The number of benzene rings is 1. The Morgan fingerprint density at radius 1 is 1.56 bits per heavy atom. The van der Waals surface area contributed by atoms with Gasteiger partial charge in [0.1, 0.15) is 5.75 Å². The van der Waals surface area contributed by atoms with E-state index in [-0.39, 0.29) is 12.0 Å². The molecule has 18 heavy (non-hydrogen) atoms. The predicted octanol–water partition coefficient (Wildman–Crippen LogP) is 1.17. The van der Waals surface area contributed by atoms with Crippen molar-refractivity contribution in [3.63, 3.8) is 0 Å². The second-order valence-corrected chi connectivity index (χ2v) is 4.20. The third-order valence-electron chi connectivity index (χ3n) is 2.59. The van der Waals surface area contributed by atoms with Gasteiger partial charge in [0.25, 0.3) is 5.91 Å². The quantitative estimate of drug-likeness (QED) is 0.524. The van der Waals surface area contributed by atoms with E-state index >= 15 is 0 Å². The summed E-state index contributed by atoms with van der Waals surface area (Å²) < 4.78 is 5.02. The molecule has 1 aromatic rings.